The molecule has 0 aromatic heterocycles. The number of carbonyl (C=O) groups is 2. The lowest BCUT2D eigenvalue weighted by molar-refractivity contribution is -0.139. The molecule has 1 saturated heterocycles. The summed E-state index contributed by atoms with van der Waals surface area (Å²) in [7, 11) is 0. The quantitative estimate of drug-likeness (QED) is 0.665. The molecule has 0 bridgehead atoms. The van der Waals surface area contributed by atoms with E-state index in [0.717, 1.165) is 11.0 Å². The van der Waals surface area contributed by atoms with Crippen molar-refractivity contribution >= 4 is 11.9 Å². The summed E-state index contributed by atoms with van der Waals surface area (Å²) >= 11 is 0. The van der Waals surface area contributed by atoms with Gasteiger partial charge in [0.15, 0.2) is 0 Å². The van der Waals surface area contributed by atoms with Crippen LogP contribution < -0.4 is 10.1 Å². The zero-order valence-corrected chi connectivity index (χ0v) is 11.9. The van der Waals surface area contributed by atoms with Gasteiger partial charge in [0.1, 0.15) is 18.4 Å². The van der Waals surface area contributed by atoms with Crippen LogP contribution in [0, 0.1) is 12.3 Å². The van der Waals surface area contributed by atoms with Gasteiger partial charge in [0.05, 0.1) is 12.1 Å². The molecule has 1 atom stereocenters. The third kappa shape index (κ3) is 3.74. The molecule has 23 heavy (non-hydrogen) atoms. The van der Waals surface area contributed by atoms with E-state index in [1.54, 1.807) is 0 Å². The second-order valence-corrected chi connectivity index (χ2v) is 4.74. The van der Waals surface area contributed by atoms with Crippen molar-refractivity contribution in [1.29, 1.82) is 0 Å². The number of amides is 3. The minimum atomic E-state index is -4.55. The van der Waals surface area contributed by atoms with Gasteiger partial charge < -0.3 is 10.1 Å². The number of hydrogen-bond donors (Lipinski definition) is 1. The van der Waals surface area contributed by atoms with Crippen LogP contribution in [0.25, 0.3) is 0 Å². The maximum absolute atomic E-state index is 12.8. The fourth-order valence-electron chi connectivity index (χ4n) is 2.12. The minimum Gasteiger partial charge on any atom is -0.491 e. The SMILES string of the molecule is C#CC[C@@H]1NC(=O)N(CCOc2ccccc2C(F)(F)F)C1=O. The average Bonchev–Trinajstić information content (AvgIpc) is 2.74. The molecule has 5 nitrogen and oxygen atoms in total. The molecule has 0 unspecified atom stereocenters. The molecule has 2 rings (SSSR count). The molecule has 1 aromatic carbocycles. The standard InChI is InChI=1S/C15H13F3N2O3/c1-2-5-11-13(21)20(14(22)19-11)8-9-23-12-7-4-3-6-10(12)15(16,17)18/h1,3-4,6-7,11H,5,8-9H2,(H,19,22)/t11-/m0/s1. The zero-order valence-electron chi connectivity index (χ0n) is 11.9. The number of ether oxygens (including phenoxy) is 1. The van der Waals surface area contributed by atoms with Crippen molar-refractivity contribution in [3.63, 3.8) is 0 Å². The first-order chi connectivity index (χ1) is 10.8. The van der Waals surface area contributed by atoms with Crippen LogP contribution >= 0.6 is 0 Å². The van der Waals surface area contributed by atoms with E-state index in [-0.39, 0.29) is 25.3 Å². The number of imide groups is 1. The van der Waals surface area contributed by atoms with Crippen LogP contribution in [-0.4, -0.2) is 36.0 Å². The fourth-order valence-corrected chi connectivity index (χ4v) is 2.12. The van der Waals surface area contributed by atoms with E-state index in [0.29, 0.717) is 0 Å². The average molecular weight is 326 g/mol. The number of hydrogen-bond acceptors (Lipinski definition) is 3. The van der Waals surface area contributed by atoms with Crippen LogP contribution in [0.15, 0.2) is 24.3 Å². The molecule has 1 aliphatic rings. The molecule has 8 heteroatoms. The van der Waals surface area contributed by atoms with Gasteiger partial charge in [-0.05, 0) is 12.1 Å². The Hall–Kier alpha value is -2.69. The van der Waals surface area contributed by atoms with E-state index in [4.69, 9.17) is 11.2 Å². The number of carbonyl (C=O) groups excluding carboxylic acids is 2. The summed E-state index contributed by atoms with van der Waals surface area (Å²) in [5, 5.41) is 2.40. The summed E-state index contributed by atoms with van der Waals surface area (Å²) in [5.41, 5.74) is -0.914. The smallest absolute Gasteiger partial charge is 0.419 e. The number of rotatable bonds is 5. The zero-order chi connectivity index (χ0) is 17.0. The van der Waals surface area contributed by atoms with E-state index < -0.39 is 29.7 Å². The van der Waals surface area contributed by atoms with Crippen molar-refractivity contribution < 1.29 is 27.5 Å². The Bertz CT molecular complexity index is 652. The van der Waals surface area contributed by atoms with E-state index >= 15 is 0 Å². The number of nitrogens with one attached hydrogen (secondary N) is 1. The number of alkyl halides is 3. The number of para-hydroxylation sites is 1. The van der Waals surface area contributed by atoms with Crippen LogP contribution in [0.3, 0.4) is 0 Å². The number of nitrogens with zero attached hydrogens (tertiary/aromatic N) is 1. The van der Waals surface area contributed by atoms with Gasteiger partial charge in [0.25, 0.3) is 5.91 Å². The maximum Gasteiger partial charge on any atom is 0.419 e. The van der Waals surface area contributed by atoms with E-state index in [1.165, 1.54) is 18.2 Å². The Morgan fingerprint density at radius 1 is 1.30 bits per heavy atom. The fraction of sp³-hybridized carbons (Fsp3) is 0.333. The second kappa shape index (κ2) is 6.60. The van der Waals surface area contributed by atoms with Gasteiger partial charge in [-0.1, -0.05) is 12.1 Å². The second-order valence-electron chi connectivity index (χ2n) is 4.74. The lowest BCUT2D eigenvalue weighted by atomic mass is 10.2. The van der Waals surface area contributed by atoms with Crippen molar-refractivity contribution in [2.45, 2.75) is 18.6 Å². The maximum atomic E-state index is 12.8. The molecule has 1 aliphatic heterocycles. The lowest BCUT2D eigenvalue weighted by Gasteiger charge is -2.16. The topological polar surface area (TPSA) is 58.6 Å². The molecule has 1 heterocycles. The van der Waals surface area contributed by atoms with Crippen LogP contribution in [0.1, 0.15) is 12.0 Å². The Morgan fingerprint density at radius 3 is 2.65 bits per heavy atom. The molecular formula is C15H13F3N2O3. The monoisotopic (exact) mass is 326 g/mol. The molecule has 0 aliphatic carbocycles. The van der Waals surface area contributed by atoms with Gasteiger partial charge in [-0.25, -0.2) is 4.79 Å². The van der Waals surface area contributed by atoms with E-state index in [9.17, 15) is 22.8 Å². The van der Waals surface area contributed by atoms with Crippen molar-refractivity contribution in [3.05, 3.63) is 29.8 Å². The summed E-state index contributed by atoms with van der Waals surface area (Å²) in [6, 6.07) is 3.29. The Labute approximate surface area is 130 Å². The first-order valence-corrected chi connectivity index (χ1v) is 6.69. The lowest BCUT2D eigenvalue weighted by Crippen LogP contribution is -2.35. The van der Waals surface area contributed by atoms with Crippen molar-refractivity contribution in [1.82, 2.24) is 10.2 Å². The van der Waals surface area contributed by atoms with Gasteiger partial charge in [-0.15, -0.1) is 12.3 Å². The molecule has 1 N–H and O–H groups in total. The Balaban J connectivity index is 1.98. The highest BCUT2D eigenvalue weighted by molar-refractivity contribution is 6.04. The Kier molecular flexibility index (Phi) is 4.79. The predicted octanol–water partition coefficient (Wildman–Crippen LogP) is 2.03. The summed E-state index contributed by atoms with van der Waals surface area (Å²) < 4.78 is 43.5. The number of benzene rings is 1. The van der Waals surface area contributed by atoms with Gasteiger partial charge in [-0.2, -0.15) is 13.2 Å². The molecule has 1 fully saturated rings. The third-order valence-corrected chi connectivity index (χ3v) is 3.19. The highest BCUT2D eigenvalue weighted by Gasteiger charge is 2.37. The molecule has 0 saturated carbocycles. The van der Waals surface area contributed by atoms with Gasteiger partial charge in [0.2, 0.25) is 0 Å². The molecule has 1 aromatic rings. The van der Waals surface area contributed by atoms with E-state index in [1.807, 2.05) is 0 Å². The summed E-state index contributed by atoms with van der Waals surface area (Å²) in [6.07, 6.45) is 0.600. The molecule has 122 valence electrons. The van der Waals surface area contributed by atoms with Gasteiger partial charge in [-0.3, -0.25) is 9.69 Å². The molecule has 0 spiro atoms. The van der Waals surface area contributed by atoms with Crippen molar-refractivity contribution in [3.8, 4) is 18.1 Å². The first-order valence-electron chi connectivity index (χ1n) is 6.69. The largest absolute Gasteiger partial charge is 0.491 e. The number of terminal acetylenes is 1. The normalized spacial score (nSPS) is 17.8. The number of urea groups is 1. The third-order valence-electron chi connectivity index (χ3n) is 3.19. The van der Waals surface area contributed by atoms with E-state index in [2.05, 4.69) is 11.2 Å². The van der Waals surface area contributed by atoms with Gasteiger partial charge in [0, 0.05) is 6.42 Å². The van der Waals surface area contributed by atoms with Gasteiger partial charge >= 0.3 is 12.2 Å². The summed E-state index contributed by atoms with van der Waals surface area (Å²) in [5.74, 6) is 1.40. The summed E-state index contributed by atoms with van der Waals surface area (Å²) in [6.45, 7) is -0.424. The van der Waals surface area contributed by atoms with Crippen LogP contribution in [0.2, 0.25) is 0 Å². The van der Waals surface area contributed by atoms with Crippen LogP contribution in [0.5, 0.6) is 5.75 Å². The highest BCUT2D eigenvalue weighted by atomic mass is 19.4. The van der Waals surface area contributed by atoms with Crippen LogP contribution in [0.4, 0.5) is 18.0 Å². The molecule has 0 radical (unpaired) electrons. The number of halogens is 3. The van der Waals surface area contributed by atoms with Crippen molar-refractivity contribution in [2.24, 2.45) is 0 Å². The van der Waals surface area contributed by atoms with Crippen molar-refractivity contribution in [2.75, 3.05) is 13.2 Å². The predicted molar refractivity (Wildman–Crippen MR) is 74.4 cm³/mol. The van der Waals surface area contributed by atoms with Crippen LogP contribution in [-0.2, 0) is 11.0 Å². The minimum absolute atomic E-state index is 0.0544. The highest BCUT2D eigenvalue weighted by Crippen LogP contribution is 2.35. The Morgan fingerprint density at radius 2 is 2.00 bits per heavy atom. The summed E-state index contributed by atoms with van der Waals surface area (Å²) in [4.78, 5) is 24.4. The molecular weight excluding hydrogens is 313 g/mol. The molecule has 3 amide bonds. The first kappa shape index (κ1) is 16.7.